The number of nitrogens with two attached hydrogens (primary N) is 1. The van der Waals surface area contributed by atoms with E-state index in [0.717, 1.165) is 11.1 Å². The molecule has 0 spiro atoms. The predicted molar refractivity (Wildman–Crippen MR) is 60.8 cm³/mol. The van der Waals surface area contributed by atoms with Crippen LogP contribution in [0.1, 0.15) is 11.1 Å². The first kappa shape index (κ1) is 11.1. The van der Waals surface area contributed by atoms with Gasteiger partial charge in [0.2, 0.25) is 0 Å². The Morgan fingerprint density at radius 3 is 2.79 bits per heavy atom. The van der Waals surface area contributed by atoms with E-state index in [-0.39, 0.29) is 0 Å². The van der Waals surface area contributed by atoms with E-state index in [2.05, 4.69) is 0 Å². The molecule has 76 valence electrons. The van der Waals surface area contributed by atoms with Crippen LogP contribution in [0.2, 0.25) is 5.02 Å². The second-order valence-corrected chi connectivity index (χ2v) is 3.39. The summed E-state index contributed by atoms with van der Waals surface area (Å²) < 4.78 is 5.15. The van der Waals surface area contributed by atoms with E-state index < -0.39 is 0 Å². The van der Waals surface area contributed by atoms with Gasteiger partial charge in [-0.1, -0.05) is 29.8 Å². The summed E-state index contributed by atoms with van der Waals surface area (Å²) in [5, 5.41) is 0.628. The average Bonchev–Trinajstić information content (AvgIpc) is 2.18. The Hall–Kier alpha value is -0.990. The van der Waals surface area contributed by atoms with Gasteiger partial charge in [-0.25, -0.2) is 0 Å². The predicted octanol–water partition coefficient (Wildman–Crippen LogP) is 2.63. The maximum Gasteiger partial charge on any atom is 0.138 e. The van der Waals surface area contributed by atoms with Crippen LogP contribution in [0.25, 0.3) is 6.08 Å². The third-order valence-corrected chi connectivity index (χ3v) is 2.27. The minimum absolute atomic E-state index is 0.507. The van der Waals surface area contributed by atoms with Gasteiger partial charge < -0.3 is 10.5 Å². The van der Waals surface area contributed by atoms with Crippen molar-refractivity contribution in [1.29, 1.82) is 0 Å². The van der Waals surface area contributed by atoms with Crippen LogP contribution in [0.3, 0.4) is 0 Å². The van der Waals surface area contributed by atoms with E-state index in [1.54, 1.807) is 7.11 Å². The van der Waals surface area contributed by atoms with E-state index in [4.69, 9.17) is 22.1 Å². The largest absolute Gasteiger partial charge is 0.495 e. The van der Waals surface area contributed by atoms with Crippen molar-refractivity contribution < 1.29 is 4.74 Å². The smallest absolute Gasteiger partial charge is 0.138 e. The van der Waals surface area contributed by atoms with Crippen molar-refractivity contribution in [2.75, 3.05) is 13.7 Å². The summed E-state index contributed by atoms with van der Waals surface area (Å²) >= 11 is 6.10. The molecular formula is C11H14ClNO. The number of methoxy groups -OCH3 is 1. The number of benzene rings is 1. The number of aryl methyl sites for hydroxylation is 1. The summed E-state index contributed by atoms with van der Waals surface area (Å²) in [7, 11) is 1.61. The third kappa shape index (κ3) is 2.50. The molecule has 0 atom stereocenters. The van der Waals surface area contributed by atoms with E-state index in [1.165, 1.54) is 0 Å². The first-order valence-electron chi connectivity index (χ1n) is 4.39. The van der Waals surface area contributed by atoms with Crippen LogP contribution in [0.15, 0.2) is 18.2 Å². The number of hydrogen-bond donors (Lipinski definition) is 1. The van der Waals surface area contributed by atoms with Gasteiger partial charge in [0.1, 0.15) is 5.75 Å². The highest BCUT2D eigenvalue weighted by Gasteiger charge is 2.05. The molecule has 0 fully saturated rings. The van der Waals surface area contributed by atoms with Gasteiger partial charge in [-0.05, 0) is 24.1 Å². The minimum atomic E-state index is 0.507. The molecule has 0 aliphatic rings. The highest BCUT2D eigenvalue weighted by molar-refractivity contribution is 6.33. The van der Waals surface area contributed by atoms with Gasteiger partial charge in [0.15, 0.2) is 0 Å². The molecule has 0 bridgehead atoms. The number of halogens is 1. The van der Waals surface area contributed by atoms with Crippen LogP contribution >= 0.6 is 11.6 Å². The van der Waals surface area contributed by atoms with Crippen molar-refractivity contribution in [3.63, 3.8) is 0 Å². The van der Waals surface area contributed by atoms with E-state index in [0.29, 0.717) is 17.3 Å². The Bertz CT molecular complexity index is 347. The van der Waals surface area contributed by atoms with Crippen molar-refractivity contribution in [3.05, 3.63) is 34.4 Å². The molecule has 1 rings (SSSR count). The highest BCUT2D eigenvalue weighted by Crippen LogP contribution is 2.30. The van der Waals surface area contributed by atoms with Crippen LogP contribution in [0.5, 0.6) is 5.75 Å². The molecular weight excluding hydrogens is 198 g/mol. The van der Waals surface area contributed by atoms with Gasteiger partial charge in [0.05, 0.1) is 12.1 Å². The summed E-state index contributed by atoms with van der Waals surface area (Å²) in [6.45, 7) is 2.51. The van der Waals surface area contributed by atoms with Gasteiger partial charge in [-0.2, -0.15) is 0 Å². The summed E-state index contributed by atoms with van der Waals surface area (Å²) in [4.78, 5) is 0. The monoisotopic (exact) mass is 211 g/mol. The maximum atomic E-state index is 6.10. The van der Waals surface area contributed by atoms with E-state index in [1.807, 2.05) is 31.2 Å². The van der Waals surface area contributed by atoms with Crippen molar-refractivity contribution in [3.8, 4) is 5.75 Å². The Morgan fingerprint density at radius 1 is 1.50 bits per heavy atom. The highest BCUT2D eigenvalue weighted by atomic mass is 35.5. The fourth-order valence-corrected chi connectivity index (χ4v) is 1.48. The normalized spacial score (nSPS) is 10.9. The first-order chi connectivity index (χ1) is 6.69. The lowest BCUT2D eigenvalue weighted by Gasteiger charge is -2.07. The molecule has 3 heteroatoms. The minimum Gasteiger partial charge on any atom is -0.495 e. The van der Waals surface area contributed by atoms with Gasteiger partial charge in [-0.15, -0.1) is 0 Å². The summed E-state index contributed by atoms with van der Waals surface area (Å²) in [5.41, 5.74) is 7.43. The second kappa shape index (κ2) is 5.03. The number of hydrogen-bond acceptors (Lipinski definition) is 2. The summed E-state index contributed by atoms with van der Waals surface area (Å²) in [5.74, 6) is 0.698. The van der Waals surface area contributed by atoms with Crippen molar-refractivity contribution in [2.45, 2.75) is 6.92 Å². The standard InChI is InChI=1S/C11H14ClNO/c1-8-6-9(4-3-5-13)11(12)10(7-8)14-2/h3-4,6-7H,5,13H2,1-2H3/b4-3+. The molecule has 0 aliphatic heterocycles. The number of ether oxygens (including phenoxy) is 1. The lowest BCUT2D eigenvalue weighted by atomic mass is 10.1. The summed E-state index contributed by atoms with van der Waals surface area (Å²) in [6, 6.07) is 3.90. The number of rotatable bonds is 3. The van der Waals surface area contributed by atoms with E-state index >= 15 is 0 Å². The topological polar surface area (TPSA) is 35.2 Å². The molecule has 0 amide bonds. The van der Waals surface area contributed by atoms with Crippen molar-refractivity contribution in [2.24, 2.45) is 5.73 Å². The fraction of sp³-hybridized carbons (Fsp3) is 0.273. The molecule has 2 N–H and O–H groups in total. The van der Waals surface area contributed by atoms with Gasteiger partial charge in [0.25, 0.3) is 0 Å². The molecule has 1 aromatic rings. The Balaban J connectivity index is 3.15. The SMILES string of the molecule is COc1cc(C)cc(/C=C/CN)c1Cl. The zero-order chi connectivity index (χ0) is 10.6. The molecule has 14 heavy (non-hydrogen) atoms. The molecule has 0 unspecified atom stereocenters. The molecule has 0 saturated carbocycles. The molecule has 0 saturated heterocycles. The van der Waals surface area contributed by atoms with Crippen LogP contribution in [-0.2, 0) is 0 Å². The molecule has 0 aromatic heterocycles. The molecule has 0 aliphatic carbocycles. The lowest BCUT2D eigenvalue weighted by molar-refractivity contribution is 0.414. The van der Waals surface area contributed by atoms with Crippen molar-refractivity contribution in [1.82, 2.24) is 0 Å². The zero-order valence-electron chi connectivity index (χ0n) is 8.38. The second-order valence-electron chi connectivity index (χ2n) is 3.01. The third-order valence-electron chi connectivity index (χ3n) is 1.87. The van der Waals surface area contributed by atoms with Crippen LogP contribution in [0, 0.1) is 6.92 Å². The Morgan fingerprint density at radius 2 is 2.21 bits per heavy atom. The van der Waals surface area contributed by atoms with Crippen molar-refractivity contribution >= 4 is 17.7 Å². The Labute approximate surface area is 89.3 Å². The summed E-state index contributed by atoms with van der Waals surface area (Å²) in [6.07, 6.45) is 3.76. The quantitative estimate of drug-likeness (QED) is 0.834. The average molecular weight is 212 g/mol. The van der Waals surface area contributed by atoms with Gasteiger partial charge in [0, 0.05) is 6.54 Å². The molecule has 2 nitrogen and oxygen atoms in total. The molecule has 0 radical (unpaired) electrons. The van der Waals surface area contributed by atoms with Crippen LogP contribution in [0.4, 0.5) is 0 Å². The molecule has 1 aromatic carbocycles. The first-order valence-corrected chi connectivity index (χ1v) is 4.77. The van der Waals surface area contributed by atoms with E-state index in [9.17, 15) is 0 Å². The fourth-order valence-electron chi connectivity index (χ4n) is 1.23. The Kier molecular flexibility index (Phi) is 3.98. The van der Waals surface area contributed by atoms with Crippen LogP contribution < -0.4 is 10.5 Å². The zero-order valence-corrected chi connectivity index (χ0v) is 9.14. The molecule has 0 heterocycles. The van der Waals surface area contributed by atoms with Gasteiger partial charge >= 0.3 is 0 Å². The van der Waals surface area contributed by atoms with Gasteiger partial charge in [-0.3, -0.25) is 0 Å². The lowest BCUT2D eigenvalue weighted by Crippen LogP contribution is -1.93. The van der Waals surface area contributed by atoms with Crippen LogP contribution in [-0.4, -0.2) is 13.7 Å². The maximum absolute atomic E-state index is 6.10.